The summed E-state index contributed by atoms with van der Waals surface area (Å²) in [5.74, 6) is 7.81. The van der Waals surface area contributed by atoms with Gasteiger partial charge >= 0.3 is 0 Å². The fourth-order valence-electron chi connectivity index (χ4n) is 5.28. The normalized spacial score (nSPS) is 33.8. The van der Waals surface area contributed by atoms with Gasteiger partial charge in [0.2, 0.25) is 0 Å². The highest BCUT2D eigenvalue weighted by Crippen LogP contribution is 2.58. The molecule has 7 unspecified atom stereocenters. The summed E-state index contributed by atoms with van der Waals surface area (Å²) in [6.45, 7) is 9.88. The summed E-state index contributed by atoms with van der Waals surface area (Å²) in [4.78, 5) is 0. The summed E-state index contributed by atoms with van der Waals surface area (Å²) in [6.07, 6.45) is 13.4. The molecule has 0 nitrogen and oxygen atoms in total. The molecule has 0 bridgehead atoms. The summed E-state index contributed by atoms with van der Waals surface area (Å²) in [5, 5.41) is 0.607. The Balaban J connectivity index is 1.45. The van der Waals surface area contributed by atoms with E-state index in [4.69, 9.17) is 12.6 Å². The molecule has 0 aromatic heterocycles. The fraction of sp³-hybridized carbons (Fsp3) is 1.00. The summed E-state index contributed by atoms with van der Waals surface area (Å²) in [7, 11) is 0. The Bertz CT molecular complexity index is 370. The van der Waals surface area contributed by atoms with E-state index in [9.17, 15) is 0 Å². The van der Waals surface area contributed by atoms with Gasteiger partial charge in [0.1, 0.15) is 0 Å². The smallest absolute Gasteiger partial charge is 0.00707 e. The summed E-state index contributed by atoms with van der Waals surface area (Å²) < 4.78 is 0. The van der Waals surface area contributed by atoms with E-state index in [0.717, 1.165) is 47.3 Å². The molecule has 3 rings (SSSR count). The van der Waals surface area contributed by atoms with Crippen LogP contribution in [-0.4, -0.2) is 5.25 Å². The molecule has 3 saturated carbocycles. The van der Waals surface area contributed by atoms with Gasteiger partial charge in [0.05, 0.1) is 0 Å². The molecular formula is C22H40S. The molecule has 7 atom stereocenters. The van der Waals surface area contributed by atoms with Gasteiger partial charge in [0, 0.05) is 5.25 Å². The van der Waals surface area contributed by atoms with Crippen molar-refractivity contribution in [2.24, 2.45) is 47.3 Å². The monoisotopic (exact) mass is 336 g/mol. The van der Waals surface area contributed by atoms with Gasteiger partial charge in [-0.1, -0.05) is 59.8 Å². The number of hydrogen-bond donors (Lipinski definition) is 1. The van der Waals surface area contributed by atoms with Gasteiger partial charge in [0.15, 0.2) is 0 Å². The second-order valence-electron chi connectivity index (χ2n) is 9.56. The maximum Gasteiger partial charge on any atom is 0.00707 e. The highest BCUT2D eigenvalue weighted by atomic mass is 32.1. The summed E-state index contributed by atoms with van der Waals surface area (Å²) in [6, 6.07) is 0. The molecular weight excluding hydrogens is 296 g/mol. The first-order valence-electron chi connectivity index (χ1n) is 10.7. The van der Waals surface area contributed by atoms with Crippen molar-refractivity contribution in [1.29, 1.82) is 0 Å². The molecule has 0 aromatic rings. The highest BCUT2D eigenvalue weighted by Gasteiger charge is 2.51. The molecule has 0 aliphatic heterocycles. The molecule has 134 valence electrons. The van der Waals surface area contributed by atoms with Crippen molar-refractivity contribution in [3.63, 3.8) is 0 Å². The van der Waals surface area contributed by atoms with E-state index in [1.165, 1.54) is 57.8 Å². The average Bonchev–Trinajstić information content (AvgIpc) is 3.40. The van der Waals surface area contributed by atoms with Crippen LogP contribution < -0.4 is 0 Å². The molecule has 3 aliphatic rings. The lowest BCUT2D eigenvalue weighted by Gasteiger charge is -2.31. The third-order valence-corrected chi connectivity index (χ3v) is 8.62. The molecule has 0 spiro atoms. The van der Waals surface area contributed by atoms with Crippen LogP contribution in [0.2, 0.25) is 0 Å². The first-order valence-corrected chi connectivity index (χ1v) is 11.2. The van der Waals surface area contributed by atoms with Crippen molar-refractivity contribution in [2.45, 2.75) is 90.7 Å². The number of thiol groups is 1. The average molecular weight is 337 g/mol. The molecule has 0 saturated heterocycles. The maximum absolute atomic E-state index is 5.08. The van der Waals surface area contributed by atoms with E-state index in [-0.39, 0.29) is 0 Å². The van der Waals surface area contributed by atoms with Crippen molar-refractivity contribution in [3.8, 4) is 0 Å². The highest BCUT2D eigenvalue weighted by molar-refractivity contribution is 7.81. The lowest BCUT2D eigenvalue weighted by atomic mass is 9.80. The van der Waals surface area contributed by atoms with Crippen LogP contribution in [0.5, 0.6) is 0 Å². The van der Waals surface area contributed by atoms with Crippen LogP contribution in [0.25, 0.3) is 0 Å². The first kappa shape index (κ1) is 18.2. The zero-order valence-corrected chi connectivity index (χ0v) is 16.9. The minimum Gasteiger partial charge on any atom is -0.175 e. The maximum atomic E-state index is 5.08. The van der Waals surface area contributed by atoms with E-state index >= 15 is 0 Å². The third kappa shape index (κ3) is 4.71. The lowest BCUT2D eigenvalue weighted by molar-refractivity contribution is 0.254. The molecule has 3 aliphatic carbocycles. The second kappa shape index (κ2) is 7.71. The van der Waals surface area contributed by atoms with Crippen LogP contribution in [-0.2, 0) is 0 Å². The van der Waals surface area contributed by atoms with Crippen LogP contribution in [0.1, 0.15) is 85.5 Å². The second-order valence-corrected chi connectivity index (χ2v) is 10.2. The summed E-state index contributed by atoms with van der Waals surface area (Å²) >= 11 is 5.08. The van der Waals surface area contributed by atoms with Crippen LogP contribution in [0.15, 0.2) is 0 Å². The van der Waals surface area contributed by atoms with Crippen molar-refractivity contribution < 1.29 is 0 Å². The van der Waals surface area contributed by atoms with Crippen molar-refractivity contribution in [2.75, 3.05) is 0 Å². The molecule has 0 N–H and O–H groups in total. The zero-order valence-electron chi connectivity index (χ0n) is 16.0. The minimum absolute atomic E-state index is 0.607. The zero-order chi connectivity index (χ0) is 16.6. The van der Waals surface area contributed by atoms with Crippen LogP contribution in [0, 0.1) is 47.3 Å². The van der Waals surface area contributed by atoms with Gasteiger partial charge in [-0.2, -0.15) is 12.6 Å². The topological polar surface area (TPSA) is 0 Å². The fourth-order valence-corrected chi connectivity index (χ4v) is 5.71. The Morgan fingerprint density at radius 1 is 0.957 bits per heavy atom. The molecule has 0 amide bonds. The molecule has 3 fully saturated rings. The van der Waals surface area contributed by atoms with Gasteiger partial charge in [0.25, 0.3) is 0 Å². The van der Waals surface area contributed by atoms with E-state index in [0.29, 0.717) is 5.25 Å². The lowest BCUT2D eigenvalue weighted by Crippen LogP contribution is -2.27. The predicted molar refractivity (Wildman–Crippen MR) is 105 cm³/mol. The van der Waals surface area contributed by atoms with Crippen molar-refractivity contribution in [3.05, 3.63) is 0 Å². The molecule has 0 aromatic carbocycles. The standard InChI is InChI=1S/C22H40S/c1-5-6-19(18-11-12-18)21-13-20(21)15(3)16(4)22(23)14(2)7-8-17-9-10-17/h14-23H,5-13H2,1-4H3. The number of hydrogen-bond acceptors (Lipinski definition) is 1. The van der Waals surface area contributed by atoms with Gasteiger partial charge in [-0.05, 0) is 73.0 Å². The van der Waals surface area contributed by atoms with Gasteiger partial charge in [-0.25, -0.2) is 0 Å². The summed E-state index contributed by atoms with van der Waals surface area (Å²) in [5.41, 5.74) is 0. The molecule has 0 radical (unpaired) electrons. The Hall–Kier alpha value is 0.350. The van der Waals surface area contributed by atoms with Crippen LogP contribution in [0.3, 0.4) is 0 Å². The Morgan fingerprint density at radius 2 is 1.65 bits per heavy atom. The van der Waals surface area contributed by atoms with Gasteiger partial charge in [-0.15, -0.1) is 0 Å². The predicted octanol–water partition coefficient (Wildman–Crippen LogP) is 6.85. The minimum atomic E-state index is 0.607. The van der Waals surface area contributed by atoms with Crippen molar-refractivity contribution >= 4 is 12.6 Å². The van der Waals surface area contributed by atoms with E-state index in [1.807, 2.05) is 0 Å². The van der Waals surface area contributed by atoms with E-state index < -0.39 is 0 Å². The van der Waals surface area contributed by atoms with E-state index in [2.05, 4.69) is 27.7 Å². The quantitative estimate of drug-likeness (QED) is 0.392. The largest absolute Gasteiger partial charge is 0.175 e. The Labute approximate surface area is 151 Å². The SMILES string of the molecule is CCCC(C1CC1)C1CC1C(C)C(C)C(S)C(C)CCC1CC1. The van der Waals surface area contributed by atoms with Crippen LogP contribution in [0.4, 0.5) is 0 Å². The third-order valence-electron chi connectivity index (χ3n) is 7.64. The molecule has 0 heterocycles. The first-order chi connectivity index (χ1) is 11.0. The number of rotatable bonds is 11. The Kier molecular flexibility index (Phi) is 6.08. The van der Waals surface area contributed by atoms with Crippen molar-refractivity contribution in [1.82, 2.24) is 0 Å². The molecule has 1 heteroatoms. The van der Waals surface area contributed by atoms with Crippen LogP contribution >= 0.6 is 12.6 Å². The molecule has 23 heavy (non-hydrogen) atoms. The van der Waals surface area contributed by atoms with Gasteiger partial charge < -0.3 is 0 Å². The van der Waals surface area contributed by atoms with E-state index in [1.54, 1.807) is 0 Å². The Morgan fingerprint density at radius 3 is 2.22 bits per heavy atom. The van der Waals surface area contributed by atoms with Gasteiger partial charge in [-0.3, -0.25) is 0 Å².